The highest BCUT2D eigenvalue weighted by Gasteiger charge is 2.22. The van der Waals surface area contributed by atoms with Crippen molar-refractivity contribution in [1.29, 1.82) is 0 Å². The van der Waals surface area contributed by atoms with E-state index in [1.165, 1.54) is 0 Å². The molecule has 2 aromatic heterocycles. The Morgan fingerprint density at radius 2 is 2.28 bits per heavy atom. The lowest BCUT2D eigenvalue weighted by Gasteiger charge is -2.26. The smallest absolute Gasteiger partial charge is 0.193 e. The van der Waals surface area contributed by atoms with Gasteiger partial charge in [-0.25, -0.2) is 4.98 Å². The Morgan fingerprint density at radius 3 is 2.89 bits per heavy atom. The lowest BCUT2D eigenvalue weighted by molar-refractivity contribution is 0.0126. The van der Waals surface area contributed by atoms with Crippen molar-refractivity contribution in [1.82, 2.24) is 9.38 Å². The number of thiazole rings is 1. The number of hydrogen-bond acceptors (Lipinski definition) is 4. The number of nitrogens with zero attached hydrogens (tertiary/aromatic N) is 2. The molecular weight excluding hydrogens is 246 g/mol. The van der Waals surface area contributed by atoms with Crippen molar-refractivity contribution in [3.63, 3.8) is 0 Å². The number of ether oxygens (including phenoxy) is 1. The van der Waals surface area contributed by atoms with Crippen LogP contribution in [0.15, 0.2) is 17.8 Å². The highest BCUT2D eigenvalue weighted by molar-refractivity contribution is 7.15. The first-order chi connectivity index (χ1) is 8.61. The third-order valence-corrected chi connectivity index (χ3v) is 3.80. The van der Waals surface area contributed by atoms with Gasteiger partial charge in [0.25, 0.3) is 0 Å². The van der Waals surface area contributed by atoms with Crippen LogP contribution in [0.5, 0.6) is 0 Å². The molecule has 0 aliphatic heterocycles. The van der Waals surface area contributed by atoms with E-state index < -0.39 is 0 Å². The molecule has 4 nitrogen and oxygen atoms in total. The maximum absolute atomic E-state index is 6.26. The van der Waals surface area contributed by atoms with Gasteiger partial charge in [0.15, 0.2) is 4.96 Å². The molecule has 0 saturated heterocycles. The molecule has 0 fully saturated rings. The van der Waals surface area contributed by atoms with Crippen LogP contribution in [0.3, 0.4) is 0 Å². The minimum atomic E-state index is -0.00504. The largest absolute Gasteiger partial charge is 0.377 e. The number of fused-ring (bicyclic) bond motifs is 1. The molecule has 0 bridgehead atoms. The second-order valence-corrected chi connectivity index (χ2v) is 5.73. The summed E-state index contributed by atoms with van der Waals surface area (Å²) in [6.45, 7) is 7.00. The molecule has 0 amide bonds. The van der Waals surface area contributed by atoms with Crippen LogP contribution in [0.25, 0.3) is 4.96 Å². The topological polar surface area (TPSA) is 52.5 Å². The molecule has 0 aliphatic carbocycles. The minimum absolute atomic E-state index is 0.00504. The number of aromatic nitrogens is 2. The summed E-state index contributed by atoms with van der Waals surface area (Å²) in [5.41, 5.74) is 7.30. The minimum Gasteiger partial charge on any atom is -0.377 e. The SMILES string of the molecule is CCOC(C(C)C)C(N)Cc1cn2ccsc2n1. The summed E-state index contributed by atoms with van der Waals surface area (Å²) < 4.78 is 7.78. The Morgan fingerprint density at radius 1 is 1.50 bits per heavy atom. The second kappa shape index (κ2) is 5.82. The van der Waals surface area contributed by atoms with Gasteiger partial charge in [-0.2, -0.15) is 0 Å². The molecule has 2 rings (SSSR count). The molecule has 0 radical (unpaired) electrons. The van der Waals surface area contributed by atoms with Gasteiger partial charge in [0, 0.05) is 36.8 Å². The van der Waals surface area contributed by atoms with Crippen molar-refractivity contribution in [2.75, 3.05) is 6.61 Å². The molecule has 0 saturated carbocycles. The molecule has 0 spiro atoms. The van der Waals surface area contributed by atoms with Gasteiger partial charge in [0.2, 0.25) is 0 Å². The molecule has 2 atom stereocenters. The van der Waals surface area contributed by atoms with Crippen LogP contribution >= 0.6 is 11.3 Å². The normalized spacial score (nSPS) is 15.4. The van der Waals surface area contributed by atoms with E-state index in [1.54, 1.807) is 11.3 Å². The lowest BCUT2D eigenvalue weighted by atomic mass is 9.97. The van der Waals surface area contributed by atoms with Crippen molar-refractivity contribution >= 4 is 16.3 Å². The fourth-order valence-electron chi connectivity index (χ4n) is 2.23. The van der Waals surface area contributed by atoms with E-state index in [1.807, 2.05) is 22.9 Å². The maximum atomic E-state index is 6.26. The number of hydrogen-bond donors (Lipinski definition) is 1. The van der Waals surface area contributed by atoms with Crippen molar-refractivity contribution in [3.05, 3.63) is 23.5 Å². The number of nitrogens with two attached hydrogens (primary N) is 1. The second-order valence-electron chi connectivity index (χ2n) is 4.86. The Hall–Kier alpha value is -0.910. The average Bonchev–Trinajstić information content (AvgIpc) is 2.85. The van der Waals surface area contributed by atoms with E-state index in [0.717, 1.165) is 17.1 Å². The highest BCUT2D eigenvalue weighted by atomic mass is 32.1. The standard InChI is InChI=1S/C13H21N3OS/c1-4-17-12(9(2)3)11(14)7-10-8-16-5-6-18-13(16)15-10/h5-6,8-9,11-12H,4,7,14H2,1-3H3. The fraction of sp³-hybridized carbons (Fsp3) is 0.615. The van der Waals surface area contributed by atoms with Gasteiger partial charge in [-0.3, -0.25) is 4.40 Å². The van der Waals surface area contributed by atoms with Crippen molar-refractivity contribution in [3.8, 4) is 0 Å². The summed E-state index contributed by atoms with van der Waals surface area (Å²) >= 11 is 1.64. The molecule has 2 aromatic rings. The van der Waals surface area contributed by atoms with Crippen LogP contribution in [0, 0.1) is 5.92 Å². The van der Waals surface area contributed by atoms with E-state index in [9.17, 15) is 0 Å². The summed E-state index contributed by atoms with van der Waals surface area (Å²) in [6.07, 6.45) is 4.92. The van der Waals surface area contributed by atoms with Crippen molar-refractivity contribution < 1.29 is 4.74 Å². The third-order valence-electron chi connectivity index (χ3n) is 3.03. The first-order valence-electron chi connectivity index (χ1n) is 6.40. The van der Waals surface area contributed by atoms with Gasteiger partial charge >= 0.3 is 0 Å². The van der Waals surface area contributed by atoms with Crippen molar-refractivity contribution in [2.24, 2.45) is 11.7 Å². The average molecular weight is 267 g/mol. The van der Waals surface area contributed by atoms with E-state index in [-0.39, 0.29) is 12.1 Å². The third kappa shape index (κ3) is 2.91. The quantitative estimate of drug-likeness (QED) is 0.874. The van der Waals surface area contributed by atoms with Gasteiger partial charge in [-0.05, 0) is 12.8 Å². The summed E-state index contributed by atoms with van der Waals surface area (Å²) in [5.74, 6) is 0.420. The van der Waals surface area contributed by atoms with E-state index in [2.05, 4.69) is 25.0 Å². The van der Waals surface area contributed by atoms with E-state index >= 15 is 0 Å². The van der Waals surface area contributed by atoms with Gasteiger partial charge in [-0.15, -0.1) is 11.3 Å². The Balaban J connectivity index is 2.05. The van der Waals surface area contributed by atoms with Crippen LogP contribution < -0.4 is 5.73 Å². The van der Waals surface area contributed by atoms with E-state index in [0.29, 0.717) is 12.5 Å². The number of rotatable bonds is 6. The lowest BCUT2D eigenvalue weighted by Crippen LogP contribution is -2.42. The zero-order chi connectivity index (χ0) is 13.1. The molecular formula is C13H21N3OS. The Kier molecular flexibility index (Phi) is 4.37. The van der Waals surface area contributed by atoms with Crippen LogP contribution in [0.1, 0.15) is 26.5 Å². The summed E-state index contributed by atoms with van der Waals surface area (Å²) in [5, 5.41) is 2.03. The molecule has 100 valence electrons. The molecule has 2 N–H and O–H groups in total. The Labute approximate surface area is 112 Å². The fourth-order valence-corrected chi connectivity index (χ4v) is 2.95. The van der Waals surface area contributed by atoms with E-state index in [4.69, 9.17) is 10.5 Å². The molecule has 0 aliphatic rings. The van der Waals surface area contributed by atoms with Gasteiger partial charge in [-0.1, -0.05) is 13.8 Å². The first kappa shape index (κ1) is 13.5. The summed E-state index contributed by atoms with van der Waals surface area (Å²) in [4.78, 5) is 5.58. The van der Waals surface area contributed by atoms with Crippen molar-refractivity contribution in [2.45, 2.75) is 39.3 Å². The zero-order valence-corrected chi connectivity index (χ0v) is 12.0. The monoisotopic (exact) mass is 267 g/mol. The van der Waals surface area contributed by atoms with Crippen LogP contribution in [-0.4, -0.2) is 28.1 Å². The maximum Gasteiger partial charge on any atom is 0.193 e. The van der Waals surface area contributed by atoms with Crippen LogP contribution in [0.4, 0.5) is 0 Å². The first-order valence-corrected chi connectivity index (χ1v) is 7.28. The highest BCUT2D eigenvalue weighted by Crippen LogP contribution is 2.16. The van der Waals surface area contributed by atoms with Crippen LogP contribution in [-0.2, 0) is 11.2 Å². The summed E-state index contributed by atoms with van der Waals surface area (Å²) in [6, 6.07) is -0.00504. The van der Waals surface area contributed by atoms with Crippen LogP contribution in [0.2, 0.25) is 0 Å². The molecule has 0 aromatic carbocycles. The molecule has 5 heteroatoms. The molecule has 2 heterocycles. The molecule has 18 heavy (non-hydrogen) atoms. The summed E-state index contributed by atoms with van der Waals surface area (Å²) in [7, 11) is 0. The van der Waals surface area contributed by atoms with Gasteiger partial charge in [0.05, 0.1) is 11.8 Å². The number of imidazole rings is 1. The zero-order valence-electron chi connectivity index (χ0n) is 11.2. The Bertz CT molecular complexity index is 463. The predicted octanol–water partition coefficient (Wildman–Crippen LogP) is 2.33. The van der Waals surface area contributed by atoms with Gasteiger partial charge < -0.3 is 10.5 Å². The van der Waals surface area contributed by atoms with Gasteiger partial charge in [0.1, 0.15) is 0 Å². The predicted molar refractivity (Wildman–Crippen MR) is 75.0 cm³/mol. The molecule has 2 unspecified atom stereocenters.